The number of anilines is 1. The third kappa shape index (κ3) is 4.72. The summed E-state index contributed by atoms with van der Waals surface area (Å²) in [4.78, 5) is 12.3. The van der Waals surface area contributed by atoms with Gasteiger partial charge in [0.1, 0.15) is 11.5 Å². The summed E-state index contributed by atoms with van der Waals surface area (Å²) in [5, 5.41) is 3.40. The second kappa shape index (κ2) is 8.34. The molecule has 1 saturated heterocycles. The molecule has 1 heterocycles. The highest BCUT2D eigenvalue weighted by molar-refractivity contribution is 6.32. The Bertz CT molecular complexity index is 715. The number of hydrogen-bond donors (Lipinski definition) is 2. The van der Waals surface area contributed by atoms with Crippen LogP contribution in [0.25, 0.3) is 0 Å². The van der Waals surface area contributed by atoms with Gasteiger partial charge < -0.3 is 20.5 Å². The maximum Gasteiger partial charge on any atom is 0.241 e. The fourth-order valence-corrected chi connectivity index (χ4v) is 2.95. The molecule has 2 aromatic rings. The molecule has 6 heteroatoms. The van der Waals surface area contributed by atoms with E-state index in [4.69, 9.17) is 26.8 Å². The van der Waals surface area contributed by atoms with Crippen molar-refractivity contribution in [3.63, 3.8) is 0 Å². The minimum Gasteiger partial charge on any atom is -0.456 e. The van der Waals surface area contributed by atoms with Crippen molar-refractivity contribution in [1.82, 2.24) is 0 Å². The van der Waals surface area contributed by atoms with Gasteiger partial charge >= 0.3 is 0 Å². The monoisotopic (exact) mass is 360 g/mol. The fraction of sp³-hybridized carbons (Fsp3) is 0.316. The Kier molecular flexibility index (Phi) is 5.91. The first-order valence-electron chi connectivity index (χ1n) is 8.30. The van der Waals surface area contributed by atoms with E-state index in [1.165, 1.54) is 0 Å². The van der Waals surface area contributed by atoms with Gasteiger partial charge in [0.05, 0.1) is 11.1 Å². The quantitative estimate of drug-likeness (QED) is 0.850. The zero-order valence-corrected chi connectivity index (χ0v) is 14.5. The van der Waals surface area contributed by atoms with Crippen LogP contribution in [0.2, 0.25) is 5.02 Å². The first kappa shape index (κ1) is 17.7. The van der Waals surface area contributed by atoms with Gasteiger partial charge in [0.15, 0.2) is 0 Å². The van der Waals surface area contributed by atoms with Crippen molar-refractivity contribution in [3.8, 4) is 11.5 Å². The maximum absolute atomic E-state index is 12.3. The summed E-state index contributed by atoms with van der Waals surface area (Å²) in [5.41, 5.74) is 6.76. The average molecular weight is 361 g/mol. The molecular formula is C19H21ClN2O3. The highest BCUT2D eigenvalue weighted by Crippen LogP contribution is 2.29. The summed E-state index contributed by atoms with van der Waals surface area (Å²) < 4.78 is 11.0. The van der Waals surface area contributed by atoms with Gasteiger partial charge in [-0.2, -0.15) is 0 Å². The molecule has 1 unspecified atom stereocenters. The van der Waals surface area contributed by atoms with Crippen LogP contribution in [-0.4, -0.2) is 25.2 Å². The second-order valence-electron chi connectivity index (χ2n) is 6.02. The lowest BCUT2D eigenvalue weighted by atomic mass is 9.92. The number of ether oxygens (including phenoxy) is 2. The molecule has 1 amide bonds. The van der Waals surface area contributed by atoms with Crippen LogP contribution in [0.4, 0.5) is 5.69 Å². The Morgan fingerprint density at radius 2 is 1.84 bits per heavy atom. The number of hydrogen-bond acceptors (Lipinski definition) is 4. The third-order valence-electron chi connectivity index (χ3n) is 4.26. The molecule has 1 aliphatic heterocycles. The SMILES string of the molecule is NC(C(=O)Nc1ccc(Oc2ccccc2Cl)cc1)C1CCOCC1. The van der Waals surface area contributed by atoms with E-state index in [9.17, 15) is 4.79 Å². The molecule has 1 fully saturated rings. The first-order chi connectivity index (χ1) is 12.1. The molecule has 5 nitrogen and oxygen atoms in total. The average Bonchev–Trinajstić information content (AvgIpc) is 2.65. The Hall–Kier alpha value is -2.08. The number of benzene rings is 2. The van der Waals surface area contributed by atoms with Crippen LogP contribution in [0.15, 0.2) is 48.5 Å². The molecule has 132 valence electrons. The van der Waals surface area contributed by atoms with E-state index in [0.29, 0.717) is 35.4 Å². The van der Waals surface area contributed by atoms with Crippen LogP contribution < -0.4 is 15.8 Å². The number of carbonyl (C=O) groups is 1. The zero-order valence-electron chi connectivity index (χ0n) is 13.8. The number of nitrogens with two attached hydrogens (primary N) is 1. The van der Waals surface area contributed by atoms with Crippen LogP contribution in [0.1, 0.15) is 12.8 Å². The lowest BCUT2D eigenvalue weighted by Crippen LogP contribution is -2.43. The number of nitrogens with one attached hydrogen (secondary N) is 1. The maximum atomic E-state index is 12.3. The summed E-state index contributed by atoms with van der Waals surface area (Å²) in [6, 6.07) is 13.8. The van der Waals surface area contributed by atoms with Crippen molar-refractivity contribution < 1.29 is 14.3 Å². The van der Waals surface area contributed by atoms with Gasteiger partial charge in [-0.1, -0.05) is 23.7 Å². The molecule has 0 aliphatic carbocycles. The fourth-order valence-electron chi connectivity index (χ4n) is 2.78. The van der Waals surface area contributed by atoms with E-state index in [0.717, 1.165) is 12.8 Å². The van der Waals surface area contributed by atoms with Gasteiger partial charge in [0, 0.05) is 18.9 Å². The molecule has 0 aromatic heterocycles. The molecule has 25 heavy (non-hydrogen) atoms. The smallest absolute Gasteiger partial charge is 0.241 e. The highest BCUT2D eigenvalue weighted by atomic mass is 35.5. The van der Waals surface area contributed by atoms with Crippen LogP contribution in [0, 0.1) is 5.92 Å². The van der Waals surface area contributed by atoms with E-state index in [-0.39, 0.29) is 11.8 Å². The van der Waals surface area contributed by atoms with Crippen LogP contribution in [-0.2, 0) is 9.53 Å². The molecular weight excluding hydrogens is 340 g/mol. The predicted molar refractivity (Wildman–Crippen MR) is 98.1 cm³/mol. The Balaban J connectivity index is 1.58. The Morgan fingerprint density at radius 3 is 2.52 bits per heavy atom. The van der Waals surface area contributed by atoms with Crippen molar-refractivity contribution in [1.29, 1.82) is 0 Å². The van der Waals surface area contributed by atoms with E-state index < -0.39 is 6.04 Å². The number of halogens is 1. The molecule has 2 aromatic carbocycles. The van der Waals surface area contributed by atoms with Gasteiger partial charge in [-0.05, 0) is 55.2 Å². The summed E-state index contributed by atoms with van der Waals surface area (Å²) in [5.74, 6) is 1.21. The zero-order chi connectivity index (χ0) is 17.6. The molecule has 3 rings (SSSR count). The first-order valence-corrected chi connectivity index (χ1v) is 8.68. The highest BCUT2D eigenvalue weighted by Gasteiger charge is 2.26. The third-order valence-corrected chi connectivity index (χ3v) is 4.58. The van der Waals surface area contributed by atoms with Gasteiger partial charge in [-0.3, -0.25) is 4.79 Å². The largest absolute Gasteiger partial charge is 0.456 e. The van der Waals surface area contributed by atoms with Crippen molar-refractivity contribution in [2.75, 3.05) is 18.5 Å². The topological polar surface area (TPSA) is 73.6 Å². The van der Waals surface area contributed by atoms with Crippen LogP contribution >= 0.6 is 11.6 Å². The van der Waals surface area contributed by atoms with Crippen LogP contribution in [0.3, 0.4) is 0 Å². The second-order valence-corrected chi connectivity index (χ2v) is 6.43. The minimum absolute atomic E-state index is 0.163. The molecule has 1 aliphatic rings. The number of rotatable bonds is 5. The summed E-state index contributed by atoms with van der Waals surface area (Å²) in [6.45, 7) is 1.33. The van der Waals surface area contributed by atoms with Crippen molar-refractivity contribution in [2.24, 2.45) is 11.7 Å². The number of carbonyl (C=O) groups excluding carboxylic acids is 1. The molecule has 0 spiro atoms. The van der Waals surface area contributed by atoms with Gasteiger partial charge in [-0.25, -0.2) is 0 Å². The number of para-hydroxylation sites is 1. The van der Waals surface area contributed by atoms with E-state index in [1.807, 2.05) is 12.1 Å². The normalized spacial score (nSPS) is 16.2. The molecule has 0 bridgehead atoms. The lowest BCUT2D eigenvalue weighted by Gasteiger charge is -2.26. The Labute approximate surface area is 152 Å². The Morgan fingerprint density at radius 1 is 1.16 bits per heavy atom. The van der Waals surface area contributed by atoms with E-state index in [2.05, 4.69) is 5.32 Å². The summed E-state index contributed by atoms with van der Waals surface area (Å²) in [7, 11) is 0. The molecule has 1 atom stereocenters. The summed E-state index contributed by atoms with van der Waals surface area (Å²) in [6.07, 6.45) is 1.64. The van der Waals surface area contributed by atoms with Crippen molar-refractivity contribution >= 4 is 23.2 Å². The molecule has 3 N–H and O–H groups in total. The van der Waals surface area contributed by atoms with Crippen molar-refractivity contribution in [3.05, 3.63) is 53.6 Å². The van der Waals surface area contributed by atoms with E-state index >= 15 is 0 Å². The van der Waals surface area contributed by atoms with E-state index in [1.54, 1.807) is 36.4 Å². The molecule has 0 radical (unpaired) electrons. The molecule has 0 saturated carbocycles. The van der Waals surface area contributed by atoms with Crippen molar-refractivity contribution in [2.45, 2.75) is 18.9 Å². The summed E-state index contributed by atoms with van der Waals surface area (Å²) >= 11 is 6.08. The standard InChI is InChI=1S/C19H21ClN2O3/c20-16-3-1-2-4-17(16)25-15-7-5-14(6-8-15)22-19(23)18(21)13-9-11-24-12-10-13/h1-8,13,18H,9-12,21H2,(H,22,23). The van der Waals surface area contributed by atoms with Gasteiger partial charge in [0.2, 0.25) is 5.91 Å². The minimum atomic E-state index is -0.525. The van der Waals surface area contributed by atoms with Gasteiger partial charge in [0.25, 0.3) is 0 Å². The predicted octanol–water partition coefficient (Wildman–Crippen LogP) is 3.82. The number of amides is 1. The lowest BCUT2D eigenvalue weighted by molar-refractivity contribution is -0.119. The van der Waals surface area contributed by atoms with Gasteiger partial charge in [-0.15, -0.1) is 0 Å². The van der Waals surface area contributed by atoms with Crippen LogP contribution in [0.5, 0.6) is 11.5 Å².